The summed E-state index contributed by atoms with van der Waals surface area (Å²) in [5, 5.41) is 3.12. The minimum absolute atomic E-state index is 0.203. The van der Waals surface area contributed by atoms with E-state index < -0.39 is 5.97 Å². The average molecular weight is 390 g/mol. The van der Waals surface area contributed by atoms with Gasteiger partial charge in [0.2, 0.25) is 0 Å². The number of carbonyl (C=O) groups is 2. The summed E-state index contributed by atoms with van der Waals surface area (Å²) in [4.78, 5) is 34.8. The number of carbonyl (C=O) groups excluding carboxylic acids is 2. The van der Waals surface area contributed by atoms with E-state index in [1.54, 1.807) is 49.2 Å². The molecule has 1 aromatic heterocycles. The van der Waals surface area contributed by atoms with Crippen molar-refractivity contribution in [1.29, 1.82) is 0 Å². The zero-order valence-electron chi connectivity index (χ0n) is 16.5. The quantitative estimate of drug-likeness (QED) is 0.648. The van der Waals surface area contributed by atoms with E-state index in [0.717, 1.165) is 5.56 Å². The third kappa shape index (κ3) is 5.16. The molecule has 29 heavy (non-hydrogen) atoms. The molecule has 0 aliphatic carbocycles. The fourth-order valence-electron chi connectivity index (χ4n) is 2.86. The zero-order valence-corrected chi connectivity index (χ0v) is 16.5. The molecule has 0 saturated heterocycles. The van der Waals surface area contributed by atoms with Gasteiger partial charge in [-0.05, 0) is 30.7 Å². The highest BCUT2D eigenvalue weighted by Crippen LogP contribution is 2.18. The molecule has 2 aromatic carbocycles. The van der Waals surface area contributed by atoms with Gasteiger partial charge in [-0.3, -0.25) is 4.79 Å². The Balaban J connectivity index is 1.79. The highest BCUT2D eigenvalue weighted by molar-refractivity contribution is 5.93. The Bertz CT molecular complexity index is 1020. The van der Waals surface area contributed by atoms with Gasteiger partial charge in [0.15, 0.2) is 0 Å². The van der Waals surface area contributed by atoms with Crippen LogP contribution in [-0.2, 0) is 11.3 Å². The summed E-state index contributed by atoms with van der Waals surface area (Å²) in [5.74, 6) is 0.309. The summed E-state index contributed by atoms with van der Waals surface area (Å²) >= 11 is 0. The summed E-state index contributed by atoms with van der Waals surface area (Å²) in [5.41, 5.74) is 2.40. The minimum Gasteiger partial charge on any atom is -0.465 e. The number of hydrogen-bond donors (Lipinski definition) is 1. The van der Waals surface area contributed by atoms with Gasteiger partial charge in [0.1, 0.15) is 17.3 Å². The molecule has 0 atom stereocenters. The summed E-state index contributed by atoms with van der Waals surface area (Å²) in [6, 6.07) is 18.2. The number of aryl methyl sites for hydroxylation is 1. The molecule has 3 rings (SSSR count). The van der Waals surface area contributed by atoms with Crippen molar-refractivity contribution in [3.8, 4) is 0 Å². The van der Waals surface area contributed by atoms with Crippen molar-refractivity contribution in [1.82, 2.24) is 14.9 Å². The van der Waals surface area contributed by atoms with Crippen LogP contribution in [0.2, 0.25) is 0 Å². The Morgan fingerprint density at radius 2 is 1.79 bits per heavy atom. The normalized spacial score (nSPS) is 10.3. The molecule has 1 amide bonds. The van der Waals surface area contributed by atoms with Crippen molar-refractivity contribution in [2.24, 2.45) is 0 Å². The van der Waals surface area contributed by atoms with Crippen LogP contribution in [-0.4, -0.2) is 40.9 Å². The van der Waals surface area contributed by atoms with Gasteiger partial charge < -0.3 is 15.0 Å². The molecule has 1 N–H and O–H groups in total. The number of ether oxygens (including phenoxy) is 1. The van der Waals surface area contributed by atoms with Crippen LogP contribution < -0.4 is 5.32 Å². The number of nitrogens with zero attached hydrogens (tertiary/aromatic N) is 3. The van der Waals surface area contributed by atoms with E-state index in [4.69, 9.17) is 4.74 Å². The van der Waals surface area contributed by atoms with Gasteiger partial charge in [0.05, 0.1) is 12.7 Å². The number of rotatable bonds is 6. The Morgan fingerprint density at radius 3 is 2.52 bits per heavy atom. The van der Waals surface area contributed by atoms with Gasteiger partial charge in [-0.25, -0.2) is 14.8 Å². The lowest BCUT2D eigenvalue weighted by Gasteiger charge is -2.17. The lowest BCUT2D eigenvalue weighted by molar-refractivity contribution is 0.0600. The molecule has 0 unspecified atom stereocenters. The van der Waals surface area contributed by atoms with Crippen LogP contribution in [0.3, 0.4) is 0 Å². The van der Waals surface area contributed by atoms with E-state index in [0.29, 0.717) is 35.1 Å². The monoisotopic (exact) mass is 390 g/mol. The highest BCUT2D eigenvalue weighted by atomic mass is 16.5. The van der Waals surface area contributed by atoms with E-state index in [9.17, 15) is 9.59 Å². The Kier molecular flexibility index (Phi) is 6.19. The number of aromatic nitrogens is 2. The first-order valence-electron chi connectivity index (χ1n) is 9.07. The van der Waals surface area contributed by atoms with Gasteiger partial charge in [-0.1, -0.05) is 36.4 Å². The molecular weight excluding hydrogens is 368 g/mol. The first-order valence-corrected chi connectivity index (χ1v) is 9.07. The van der Waals surface area contributed by atoms with E-state index in [1.165, 1.54) is 7.11 Å². The van der Waals surface area contributed by atoms with Crippen LogP contribution >= 0.6 is 0 Å². The van der Waals surface area contributed by atoms with E-state index in [1.807, 2.05) is 30.3 Å². The van der Waals surface area contributed by atoms with Crippen LogP contribution in [0.4, 0.5) is 11.5 Å². The number of methoxy groups -OCH3 is 1. The van der Waals surface area contributed by atoms with Crippen molar-refractivity contribution in [2.75, 3.05) is 19.5 Å². The third-order valence-electron chi connectivity index (χ3n) is 4.22. The molecule has 0 aliphatic heterocycles. The maximum absolute atomic E-state index is 12.8. The average Bonchev–Trinajstić information content (AvgIpc) is 2.73. The second-order valence-corrected chi connectivity index (χ2v) is 6.53. The summed E-state index contributed by atoms with van der Waals surface area (Å²) in [6.07, 6.45) is 0. The van der Waals surface area contributed by atoms with Crippen LogP contribution in [0, 0.1) is 6.92 Å². The number of hydrogen-bond acceptors (Lipinski definition) is 6. The van der Waals surface area contributed by atoms with Gasteiger partial charge in [-0.15, -0.1) is 0 Å². The van der Waals surface area contributed by atoms with Crippen LogP contribution in [0.25, 0.3) is 0 Å². The maximum atomic E-state index is 12.8. The number of amides is 1. The zero-order chi connectivity index (χ0) is 20.8. The summed E-state index contributed by atoms with van der Waals surface area (Å²) in [6.45, 7) is 2.21. The number of anilines is 2. The number of esters is 1. The van der Waals surface area contributed by atoms with E-state index >= 15 is 0 Å². The number of nitrogens with one attached hydrogen (secondary N) is 1. The predicted octanol–water partition coefficient (Wildman–Crippen LogP) is 3.59. The maximum Gasteiger partial charge on any atom is 0.337 e. The fraction of sp³-hybridized carbons (Fsp3) is 0.182. The van der Waals surface area contributed by atoms with Gasteiger partial charge in [0, 0.05) is 25.3 Å². The highest BCUT2D eigenvalue weighted by Gasteiger charge is 2.16. The van der Waals surface area contributed by atoms with Crippen molar-refractivity contribution < 1.29 is 14.3 Å². The van der Waals surface area contributed by atoms with Gasteiger partial charge in [0.25, 0.3) is 5.91 Å². The van der Waals surface area contributed by atoms with Crippen molar-refractivity contribution in [2.45, 2.75) is 13.5 Å². The molecule has 7 nitrogen and oxygen atoms in total. The molecule has 3 aromatic rings. The molecule has 0 radical (unpaired) electrons. The molecule has 148 valence electrons. The fourth-order valence-corrected chi connectivity index (χ4v) is 2.86. The first kappa shape index (κ1) is 20.0. The number of benzene rings is 2. The predicted molar refractivity (Wildman–Crippen MR) is 110 cm³/mol. The molecule has 0 spiro atoms. The van der Waals surface area contributed by atoms with Gasteiger partial charge >= 0.3 is 5.97 Å². The standard InChI is InChI=1S/C22H22N4O3/c1-15-23-19(21(27)26(2)14-16-8-5-4-6-9-16)13-20(24-15)25-18-11-7-10-17(12-18)22(28)29-3/h4-13H,14H2,1-3H3,(H,23,24,25). The van der Waals surface area contributed by atoms with Crippen LogP contribution in [0.1, 0.15) is 32.2 Å². The summed E-state index contributed by atoms with van der Waals surface area (Å²) in [7, 11) is 3.07. The molecular formula is C22H22N4O3. The van der Waals surface area contributed by atoms with Crippen LogP contribution in [0.5, 0.6) is 0 Å². The van der Waals surface area contributed by atoms with Gasteiger partial charge in [-0.2, -0.15) is 0 Å². The summed E-state index contributed by atoms with van der Waals surface area (Å²) < 4.78 is 4.74. The van der Waals surface area contributed by atoms with E-state index in [-0.39, 0.29) is 5.91 Å². The smallest absolute Gasteiger partial charge is 0.337 e. The Hall–Kier alpha value is -3.74. The van der Waals surface area contributed by atoms with Crippen molar-refractivity contribution >= 4 is 23.4 Å². The molecule has 1 heterocycles. The SMILES string of the molecule is COC(=O)c1cccc(Nc2cc(C(=O)N(C)Cc3ccccc3)nc(C)n2)c1. The lowest BCUT2D eigenvalue weighted by atomic mass is 10.2. The van der Waals surface area contributed by atoms with E-state index in [2.05, 4.69) is 15.3 Å². The lowest BCUT2D eigenvalue weighted by Crippen LogP contribution is -2.27. The first-order chi connectivity index (χ1) is 14.0. The largest absolute Gasteiger partial charge is 0.465 e. The van der Waals surface area contributed by atoms with Crippen molar-refractivity contribution in [3.05, 3.63) is 83.3 Å². The third-order valence-corrected chi connectivity index (χ3v) is 4.22. The molecule has 0 aliphatic rings. The molecule has 7 heteroatoms. The van der Waals surface area contributed by atoms with Crippen LogP contribution in [0.15, 0.2) is 60.7 Å². The minimum atomic E-state index is -0.425. The molecule has 0 fully saturated rings. The molecule has 0 bridgehead atoms. The molecule has 0 saturated carbocycles. The second kappa shape index (κ2) is 8.97. The Morgan fingerprint density at radius 1 is 1.03 bits per heavy atom. The topological polar surface area (TPSA) is 84.4 Å². The Labute approximate surface area is 169 Å². The van der Waals surface area contributed by atoms with Crippen molar-refractivity contribution in [3.63, 3.8) is 0 Å². The second-order valence-electron chi connectivity index (χ2n) is 6.53.